The molecule has 3 amide bonds. The third-order valence-corrected chi connectivity index (χ3v) is 6.04. The van der Waals surface area contributed by atoms with Gasteiger partial charge in [-0.25, -0.2) is 0 Å². The zero-order chi connectivity index (χ0) is 27.9. The van der Waals surface area contributed by atoms with E-state index in [0.29, 0.717) is 12.8 Å². The maximum absolute atomic E-state index is 13.6. The number of amides is 3. The van der Waals surface area contributed by atoms with E-state index in [2.05, 4.69) is 10.6 Å². The second kappa shape index (κ2) is 12.4. The van der Waals surface area contributed by atoms with Crippen molar-refractivity contribution in [3.8, 4) is 6.07 Å². The molecule has 200 valence electrons. The van der Waals surface area contributed by atoms with Gasteiger partial charge in [0.05, 0.1) is 17.7 Å². The number of halogens is 3. The van der Waals surface area contributed by atoms with Crippen molar-refractivity contribution < 1.29 is 27.6 Å². The van der Waals surface area contributed by atoms with Gasteiger partial charge in [-0.2, -0.15) is 18.4 Å². The molecule has 3 atom stereocenters. The van der Waals surface area contributed by atoms with Crippen LogP contribution in [-0.4, -0.2) is 53.5 Å². The molecule has 1 saturated heterocycles. The average molecular weight is 528 g/mol. The highest BCUT2D eigenvalue weighted by atomic mass is 19.4. The Bertz CT molecular complexity index is 1240. The Morgan fingerprint density at radius 1 is 1.21 bits per heavy atom. The van der Waals surface area contributed by atoms with Crippen LogP contribution in [0.4, 0.5) is 18.9 Å². The van der Waals surface area contributed by atoms with Crippen molar-refractivity contribution in [3.05, 3.63) is 71.3 Å². The summed E-state index contributed by atoms with van der Waals surface area (Å²) in [5.41, 5.74) is 6.69. The van der Waals surface area contributed by atoms with Gasteiger partial charge in [-0.3, -0.25) is 14.4 Å². The van der Waals surface area contributed by atoms with Crippen LogP contribution in [0.15, 0.2) is 54.6 Å². The second-order valence-corrected chi connectivity index (χ2v) is 9.01. The van der Waals surface area contributed by atoms with Crippen molar-refractivity contribution >= 4 is 29.5 Å². The number of likely N-dealkylation sites (tertiary alicyclic amines) is 1. The number of allylic oxidation sites excluding steroid dienone is 1. The Kier molecular flexibility index (Phi) is 9.25. The van der Waals surface area contributed by atoms with Crippen molar-refractivity contribution in [1.82, 2.24) is 10.2 Å². The molecule has 0 unspecified atom stereocenters. The van der Waals surface area contributed by atoms with E-state index < -0.39 is 42.0 Å². The summed E-state index contributed by atoms with van der Waals surface area (Å²) in [7, 11) is 0. The van der Waals surface area contributed by atoms with Crippen LogP contribution in [0.3, 0.4) is 0 Å². The molecular weight excluding hydrogens is 499 g/mol. The Hall–Kier alpha value is -4.17. The molecule has 0 spiro atoms. The first-order valence-corrected chi connectivity index (χ1v) is 12.0. The molecule has 0 aromatic heterocycles. The van der Waals surface area contributed by atoms with Crippen molar-refractivity contribution in [2.75, 3.05) is 11.9 Å². The molecule has 0 radical (unpaired) electrons. The lowest BCUT2D eigenvalue weighted by Crippen LogP contribution is -2.55. The van der Waals surface area contributed by atoms with E-state index in [1.54, 1.807) is 12.1 Å². The molecule has 2 aromatic carbocycles. The molecule has 1 aliphatic heterocycles. The van der Waals surface area contributed by atoms with Gasteiger partial charge in [0.2, 0.25) is 17.7 Å². The minimum absolute atomic E-state index is 0.0138. The SMILES string of the molecule is C[C@H](N)C(=O)N[C@@H](Cc1ccccc1)C(=O)N1CCC[C@H]1C(=O)Nc1cc(C#N)ccc1/C=C/C(F)(F)F. The number of nitriles is 1. The zero-order valence-corrected chi connectivity index (χ0v) is 20.7. The van der Waals surface area contributed by atoms with Crippen LogP contribution >= 0.6 is 0 Å². The molecule has 1 aliphatic rings. The standard InChI is InChI=1S/C27H28F3N5O3/c1-17(32)24(36)34-22(14-18-6-3-2-4-7-18)26(38)35-13-5-8-23(35)25(37)33-21-15-19(16-31)9-10-20(21)11-12-27(28,29)30/h2-4,6-7,9-12,15,17,22-23H,5,8,13-14,32H2,1H3,(H,33,37)(H,34,36)/b12-11+/t17-,22-,23-/m0/s1. The molecule has 3 rings (SSSR count). The molecule has 11 heteroatoms. The monoisotopic (exact) mass is 527 g/mol. The van der Waals surface area contributed by atoms with Gasteiger partial charge in [0.25, 0.3) is 0 Å². The summed E-state index contributed by atoms with van der Waals surface area (Å²) in [4.78, 5) is 40.5. The lowest BCUT2D eigenvalue weighted by molar-refractivity contribution is -0.140. The normalized spacial score (nSPS) is 17.1. The van der Waals surface area contributed by atoms with Crippen LogP contribution in [0.25, 0.3) is 6.08 Å². The van der Waals surface area contributed by atoms with Gasteiger partial charge in [0.15, 0.2) is 0 Å². The summed E-state index contributed by atoms with van der Waals surface area (Å²) in [6, 6.07) is 12.1. The molecule has 0 aliphatic carbocycles. The highest BCUT2D eigenvalue weighted by molar-refractivity contribution is 6.00. The van der Waals surface area contributed by atoms with Crippen LogP contribution in [0.1, 0.15) is 36.5 Å². The fraction of sp³-hybridized carbons (Fsp3) is 0.333. The number of nitrogens with two attached hydrogens (primary N) is 1. The third-order valence-electron chi connectivity index (χ3n) is 6.04. The summed E-state index contributed by atoms with van der Waals surface area (Å²) in [6.45, 7) is 1.75. The predicted molar refractivity (Wildman–Crippen MR) is 135 cm³/mol. The third kappa shape index (κ3) is 7.66. The number of rotatable bonds is 8. The number of nitrogens with zero attached hydrogens (tertiary/aromatic N) is 2. The topological polar surface area (TPSA) is 128 Å². The highest BCUT2D eigenvalue weighted by Gasteiger charge is 2.38. The first kappa shape index (κ1) is 28.4. The summed E-state index contributed by atoms with van der Waals surface area (Å²) in [5, 5.41) is 14.5. The molecule has 38 heavy (non-hydrogen) atoms. The van der Waals surface area contributed by atoms with E-state index in [1.165, 1.54) is 30.0 Å². The smallest absolute Gasteiger partial charge is 0.343 e. The van der Waals surface area contributed by atoms with Gasteiger partial charge in [0, 0.05) is 24.7 Å². The van der Waals surface area contributed by atoms with E-state index in [0.717, 1.165) is 11.6 Å². The summed E-state index contributed by atoms with van der Waals surface area (Å²) in [5.74, 6) is -1.60. The summed E-state index contributed by atoms with van der Waals surface area (Å²) >= 11 is 0. The lowest BCUT2D eigenvalue weighted by atomic mass is 10.0. The molecule has 2 aromatic rings. The van der Waals surface area contributed by atoms with Crippen LogP contribution < -0.4 is 16.4 Å². The van der Waals surface area contributed by atoms with E-state index >= 15 is 0 Å². The first-order chi connectivity index (χ1) is 18.0. The Morgan fingerprint density at radius 2 is 1.92 bits per heavy atom. The maximum Gasteiger partial charge on any atom is 0.409 e. The zero-order valence-electron chi connectivity index (χ0n) is 20.7. The first-order valence-electron chi connectivity index (χ1n) is 12.0. The van der Waals surface area contributed by atoms with Crippen molar-refractivity contribution in [2.45, 2.75) is 50.5 Å². The van der Waals surface area contributed by atoms with Gasteiger partial charge >= 0.3 is 6.18 Å². The van der Waals surface area contributed by atoms with Crippen molar-refractivity contribution in [1.29, 1.82) is 5.26 Å². The predicted octanol–water partition coefficient (Wildman–Crippen LogP) is 3.14. The fourth-order valence-corrected chi connectivity index (χ4v) is 4.14. The number of hydrogen-bond donors (Lipinski definition) is 3. The van der Waals surface area contributed by atoms with Crippen molar-refractivity contribution in [3.63, 3.8) is 0 Å². The number of carbonyl (C=O) groups excluding carboxylic acids is 3. The minimum Gasteiger partial charge on any atom is -0.343 e. The molecule has 0 bridgehead atoms. The summed E-state index contributed by atoms with van der Waals surface area (Å²) < 4.78 is 38.2. The average Bonchev–Trinajstić information content (AvgIpc) is 3.37. The molecule has 4 N–H and O–H groups in total. The van der Waals surface area contributed by atoms with Crippen molar-refractivity contribution in [2.24, 2.45) is 5.73 Å². The number of nitrogens with one attached hydrogen (secondary N) is 2. The fourth-order valence-electron chi connectivity index (χ4n) is 4.14. The van der Waals surface area contributed by atoms with Crippen LogP contribution in [0, 0.1) is 11.3 Å². The molecule has 1 heterocycles. The lowest BCUT2D eigenvalue weighted by Gasteiger charge is -2.29. The van der Waals surface area contributed by atoms with Gasteiger partial charge in [-0.1, -0.05) is 36.4 Å². The van der Waals surface area contributed by atoms with Gasteiger partial charge in [-0.05, 0) is 49.1 Å². The summed E-state index contributed by atoms with van der Waals surface area (Å²) in [6.07, 6.45) is -2.72. The Balaban J connectivity index is 1.84. The molecular formula is C27H28F3N5O3. The Morgan fingerprint density at radius 3 is 2.55 bits per heavy atom. The highest BCUT2D eigenvalue weighted by Crippen LogP contribution is 2.26. The quantitative estimate of drug-likeness (QED) is 0.486. The van der Waals surface area contributed by atoms with Gasteiger partial charge in [-0.15, -0.1) is 0 Å². The van der Waals surface area contributed by atoms with Crippen LogP contribution in [0.5, 0.6) is 0 Å². The largest absolute Gasteiger partial charge is 0.409 e. The van der Waals surface area contributed by atoms with Gasteiger partial charge < -0.3 is 21.3 Å². The van der Waals surface area contributed by atoms with Gasteiger partial charge in [0.1, 0.15) is 12.1 Å². The molecule has 1 fully saturated rings. The number of benzene rings is 2. The van der Waals surface area contributed by atoms with Crippen LogP contribution in [-0.2, 0) is 20.8 Å². The Labute approximate surface area is 218 Å². The maximum atomic E-state index is 13.6. The molecule has 8 nitrogen and oxygen atoms in total. The second-order valence-electron chi connectivity index (χ2n) is 9.01. The number of alkyl halides is 3. The van der Waals surface area contributed by atoms with E-state index in [1.807, 2.05) is 24.3 Å². The molecule has 0 saturated carbocycles. The van der Waals surface area contributed by atoms with E-state index in [9.17, 15) is 32.8 Å². The minimum atomic E-state index is -4.57. The number of anilines is 1. The van der Waals surface area contributed by atoms with E-state index in [-0.39, 0.29) is 35.9 Å². The van der Waals surface area contributed by atoms with Crippen LogP contribution in [0.2, 0.25) is 0 Å². The number of carbonyl (C=O) groups is 3. The number of hydrogen-bond acceptors (Lipinski definition) is 5. The van der Waals surface area contributed by atoms with E-state index in [4.69, 9.17) is 5.73 Å².